The van der Waals surface area contributed by atoms with E-state index in [4.69, 9.17) is 16.3 Å². The molecular weight excluding hydrogens is 306 g/mol. The number of hydrogen-bond acceptors (Lipinski definition) is 6. The van der Waals surface area contributed by atoms with E-state index in [1.165, 1.54) is 18.0 Å². The largest absolute Gasteiger partial charge is 0.383 e. The molecule has 1 atom stereocenters. The maximum absolute atomic E-state index is 12.0. The van der Waals surface area contributed by atoms with E-state index < -0.39 is 15.4 Å². The number of anilines is 1. The first kappa shape index (κ1) is 15.3. The molecule has 0 aliphatic carbocycles. The molecule has 0 radical (unpaired) electrons. The van der Waals surface area contributed by atoms with Gasteiger partial charge in [0.25, 0.3) is 5.56 Å². The summed E-state index contributed by atoms with van der Waals surface area (Å²) in [6.45, 7) is 0.671. The van der Waals surface area contributed by atoms with Crippen molar-refractivity contribution in [1.29, 1.82) is 0 Å². The molecule has 20 heavy (non-hydrogen) atoms. The molecule has 1 aliphatic heterocycles. The molecule has 2 heterocycles. The molecule has 0 bridgehead atoms. The van der Waals surface area contributed by atoms with E-state index in [2.05, 4.69) is 10.4 Å². The van der Waals surface area contributed by atoms with Crippen LogP contribution in [-0.2, 0) is 21.1 Å². The maximum atomic E-state index is 12.0. The molecule has 1 aliphatic rings. The second-order valence-corrected chi connectivity index (χ2v) is 7.24. The molecule has 1 unspecified atom stereocenters. The van der Waals surface area contributed by atoms with Crippen LogP contribution in [-0.4, -0.2) is 49.5 Å². The molecule has 112 valence electrons. The zero-order valence-electron chi connectivity index (χ0n) is 11.0. The zero-order chi connectivity index (χ0) is 14.8. The fourth-order valence-electron chi connectivity index (χ4n) is 2.03. The van der Waals surface area contributed by atoms with E-state index in [1.807, 2.05) is 0 Å². The third-order valence-electron chi connectivity index (χ3n) is 3.08. The quantitative estimate of drug-likeness (QED) is 0.829. The summed E-state index contributed by atoms with van der Waals surface area (Å²) in [5.74, 6) is 0.205. The van der Waals surface area contributed by atoms with E-state index in [1.54, 1.807) is 0 Å². The van der Waals surface area contributed by atoms with Crippen molar-refractivity contribution in [2.24, 2.45) is 0 Å². The minimum Gasteiger partial charge on any atom is -0.383 e. The number of nitrogens with zero attached hydrogens (tertiary/aromatic N) is 2. The van der Waals surface area contributed by atoms with Gasteiger partial charge in [-0.2, -0.15) is 5.10 Å². The molecule has 0 saturated carbocycles. The van der Waals surface area contributed by atoms with Crippen molar-refractivity contribution >= 4 is 27.1 Å². The van der Waals surface area contributed by atoms with Gasteiger partial charge in [-0.05, 0) is 6.42 Å². The first-order valence-electron chi connectivity index (χ1n) is 6.14. The zero-order valence-corrected chi connectivity index (χ0v) is 12.6. The van der Waals surface area contributed by atoms with Crippen LogP contribution in [0.1, 0.15) is 6.42 Å². The Hall–Kier alpha value is -1.12. The lowest BCUT2D eigenvalue weighted by Crippen LogP contribution is -2.28. The molecule has 2 rings (SSSR count). The van der Waals surface area contributed by atoms with E-state index in [-0.39, 0.29) is 22.6 Å². The molecule has 9 heteroatoms. The fraction of sp³-hybridized carbons (Fsp3) is 0.636. The third-order valence-corrected chi connectivity index (χ3v) is 5.22. The van der Waals surface area contributed by atoms with Gasteiger partial charge in [-0.25, -0.2) is 13.1 Å². The van der Waals surface area contributed by atoms with Gasteiger partial charge >= 0.3 is 0 Å². The van der Waals surface area contributed by atoms with Crippen molar-refractivity contribution < 1.29 is 13.2 Å². The van der Waals surface area contributed by atoms with Crippen molar-refractivity contribution in [3.63, 3.8) is 0 Å². The Morgan fingerprint density at radius 3 is 2.95 bits per heavy atom. The predicted octanol–water partition coefficient (Wildman–Crippen LogP) is 0.142. The summed E-state index contributed by atoms with van der Waals surface area (Å²) < 4.78 is 28.9. The second-order valence-electron chi connectivity index (χ2n) is 4.64. The Labute approximate surface area is 121 Å². The molecule has 0 aromatic carbocycles. The molecule has 1 aromatic heterocycles. The first-order valence-corrected chi connectivity index (χ1v) is 8.34. The van der Waals surface area contributed by atoms with Crippen LogP contribution in [0, 0.1) is 0 Å². The van der Waals surface area contributed by atoms with Crippen LogP contribution in [0.2, 0.25) is 5.02 Å². The molecule has 1 N–H and O–H groups in total. The van der Waals surface area contributed by atoms with Gasteiger partial charge in [-0.3, -0.25) is 4.79 Å². The van der Waals surface area contributed by atoms with Gasteiger partial charge < -0.3 is 10.1 Å². The lowest BCUT2D eigenvalue weighted by molar-refractivity contribution is 0.182. The molecular formula is C11H16ClN3O4S. The van der Waals surface area contributed by atoms with Gasteiger partial charge in [0.15, 0.2) is 9.84 Å². The Morgan fingerprint density at radius 1 is 1.60 bits per heavy atom. The molecule has 0 amide bonds. The highest BCUT2D eigenvalue weighted by Gasteiger charge is 2.28. The number of rotatable bonds is 5. The van der Waals surface area contributed by atoms with Gasteiger partial charge in [0.1, 0.15) is 5.02 Å². The number of ether oxygens (including phenoxy) is 1. The van der Waals surface area contributed by atoms with Gasteiger partial charge in [-0.15, -0.1) is 0 Å². The first-order chi connectivity index (χ1) is 9.43. The third kappa shape index (κ3) is 3.50. The minimum absolute atomic E-state index is 0.0143. The summed E-state index contributed by atoms with van der Waals surface area (Å²) in [5, 5.41) is 6.97. The fourth-order valence-corrected chi connectivity index (χ4v) is 3.91. The molecule has 1 saturated heterocycles. The van der Waals surface area contributed by atoms with E-state index in [0.717, 1.165) is 0 Å². The van der Waals surface area contributed by atoms with Crippen LogP contribution in [0.3, 0.4) is 0 Å². The summed E-state index contributed by atoms with van der Waals surface area (Å²) >= 11 is 6.00. The Kier molecular flexibility index (Phi) is 4.66. The standard InChI is InChI=1S/C11H16ClN3O4S/c1-19-4-3-15-11(16)10(12)9(6-13-15)14-8-2-5-20(17,18)7-8/h6,8,14H,2-5,7H2,1H3. The van der Waals surface area contributed by atoms with Crippen LogP contribution in [0.25, 0.3) is 0 Å². The summed E-state index contributed by atoms with van der Waals surface area (Å²) in [4.78, 5) is 12.0. The van der Waals surface area contributed by atoms with Crippen molar-refractivity contribution in [3.05, 3.63) is 21.6 Å². The SMILES string of the molecule is COCCn1ncc(NC2CCS(=O)(=O)C2)c(Cl)c1=O. The van der Waals surface area contributed by atoms with Crippen LogP contribution in [0.5, 0.6) is 0 Å². The highest BCUT2D eigenvalue weighted by molar-refractivity contribution is 7.91. The van der Waals surface area contributed by atoms with Crippen LogP contribution in [0.15, 0.2) is 11.0 Å². The van der Waals surface area contributed by atoms with Crippen molar-refractivity contribution in [2.45, 2.75) is 19.0 Å². The lowest BCUT2D eigenvalue weighted by atomic mass is 10.2. The van der Waals surface area contributed by atoms with Crippen LogP contribution >= 0.6 is 11.6 Å². The predicted molar refractivity (Wildman–Crippen MR) is 76.1 cm³/mol. The van der Waals surface area contributed by atoms with E-state index >= 15 is 0 Å². The summed E-state index contributed by atoms with van der Waals surface area (Å²) in [7, 11) is -1.45. The molecule has 1 fully saturated rings. The highest BCUT2D eigenvalue weighted by atomic mass is 35.5. The van der Waals surface area contributed by atoms with E-state index in [9.17, 15) is 13.2 Å². The average Bonchev–Trinajstić information content (AvgIpc) is 2.74. The summed E-state index contributed by atoms with van der Waals surface area (Å²) in [6.07, 6.45) is 1.94. The monoisotopic (exact) mass is 321 g/mol. The normalized spacial score (nSPS) is 21.0. The van der Waals surface area contributed by atoms with Gasteiger partial charge in [-0.1, -0.05) is 11.6 Å². The topological polar surface area (TPSA) is 90.3 Å². The number of hydrogen-bond donors (Lipinski definition) is 1. The Bertz CT molecular complexity index is 644. The minimum atomic E-state index is -2.98. The van der Waals surface area contributed by atoms with Gasteiger partial charge in [0, 0.05) is 13.2 Å². The van der Waals surface area contributed by atoms with Crippen LogP contribution < -0.4 is 10.9 Å². The van der Waals surface area contributed by atoms with Gasteiger partial charge in [0.2, 0.25) is 0 Å². The Balaban J connectivity index is 2.14. The van der Waals surface area contributed by atoms with E-state index in [0.29, 0.717) is 25.3 Å². The molecule has 1 aromatic rings. The number of nitrogens with one attached hydrogen (secondary N) is 1. The van der Waals surface area contributed by atoms with Crippen molar-refractivity contribution in [1.82, 2.24) is 9.78 Å². The number of aromatic nitrogens is 2. The summed E-state index contributed by atoms with van der Waals surface area (Å²) in [6, 6.07) is -0.228. The smallest absolute Gasteiger partial charge is 0.287 e. The molecule has 0 spiro atoms. The summed E-state index contributed by atoms with van der Waals surface area (Å²) in [5.41, 5.74) is -0.0537. The second kappa shape index (κ2) is 6.11. The highest BCUT2D eigenvalue weighted by Crippen LogP contribution is 2.21. The lowest BCUT2D eigenvalue weighted by Gasteiger charge is -2.14. The maximum Gasteiger partial charge on any atom is 0.287 e. The number of sulfone groups is 1. The number of methoxy groups -OCH3 is 1. The van der Waals surface area contributed by atoms with Crippen molar-refractivity contribution in [2.75, 3.05) is 30.5 Å². The number of halogens is 1. The van der Waals surface area contributed by atoms with Crippen LogP contribution in [0.4, 0.5) is 5.69 Å². The van der Waals surface area contributed by atoms with Gasteiger partial charge in [0.05, 0.1) is 36.5 Å². The van der Waals surface area contributed by atoms with Crippen molar-refractivity contribution in [3.8, 4) is 0 Å². The molecule has 7 nitrogen and oxygen atoms in total. The average molecular weight is 322 g/mol. The Morgan fingerprint density at radius 2 is 2.35 bits per heavy atom.